The fourth-order valence-electron chi connectivity index (χ4n) is 0.318. The third-order valence-corrected chi connectivity index (χ3v) is 1.36. The fraction of sp³-hybridized carbons (Fsp3) is 0.727. The molecule has 0 amide bonds. The van der Waals surface area contributed by atoms with Gasteiger partial charge in [0.1, 0.15) is 0 Å². The van der Waals surface area contributed by atoms with E-state index in [4.69, 9.17) is 4.74 Å². The van der Waals surface area contributed by atoms with E-state index in [1.165, 1.54) is 5.57 Å². The number of hydrogen-bond donors (Lipinski definition) is 0. The predicted molar refractivity (Wildman–Crippen MR) is 56.6 cm³/mol. The molecule has 13 heavy (non-hydrogen) atoms. The Kier molecular flexibility index (Phi) is 12.7. The van der Waals surface area contributed by atoms with Crippen molar-refractivity contribution >= 4 is 5.97 Å². The van der Waals surface area contributed by atoms with Gasteiger partial charge in [-0.3, -0.25) is 4.79 Å². The number of rotatable bonds is 4. The van der Waals surface area contributed by atoms with Crippen molar-refractivity contribution in [3.8, 4) is 0 Å². The molecule has 0 N–H and O–H groups in total. The van der Waals surface area contributed by atoms with Gasteiger partial charge in [0.2, 0.25) is 0 Å². The third kappa shape index (κ3) is 18.3. The topological polar surface area (TPSA) is 26.3 Å². The molecule has 0 spiro atoms. The summed E-state index contributed by atoms with van der Waals surface area (Å²) >= 11 is 0. The van der Waals surface area contributed by atoms with Crippen molar-refractivity contribution < 1.29 is 9.53 Å². The molecule has 0 aromatic rings. The molecule has 0 rings (SSSR count). The quantitative estimate of drug-likeness (QED) is 0.497. The standard InChI is InChI=1S/C6H12O2.C5H10/c1-3-5-8-6(7)4-2;1-4-5(2)3/h3-5H2,1-2H3;2,4H2,1,3H3. The summed E-state index contributed by atoms with van der Waals surface area (Å²) in [6.07, 6.45) is 2.51. The lowest BCUT2D eigenvalue weighted by atomic mass is 10.3. The van der Waals surface area contributed by atoms with Gasteiger partial charge in [0.25, 0.3) is 0 Å². The Morgan fingerprint density at radius 1 is 1.23 bits per heavy atom. The first-order valence-corrected chi connectivity index (χ1v) is 4.88. The van der Waals surface area contributed by atoms with Crippen molar-refractivity contribution in [1.29, 1.82) is 0 Å². The molecule has 0 atom stereocenters. The maximum Gasteiger partial charge on any atom is 0.305 e. The number of ether oxygens (including phenoxy) is 1. The Hall–Kier alpha value is -0.790. The van der Waals surface area contributed by atoms with Gasteiger partial charge in [-0.2, -0.15) is 0 Å². The second-order valence-electron chi connectivity index (χ2n) is 2.88. The number of carbonyl (C=O) groups is 1. The maximum absolute atomic E-state index is 10.3. The lowest BCUT2D eigenvalue weighted by Gasteiger charge is -1.97. The monoisotopic (exact) mass is 186 g/mol. The Labute approximate surface area is 82.0 Å². The first-order chi connectivity index (χ1) is 6.08. The second kappa shape index (κ2) is 11.2. The Bertz CT molecular complexity index is 139. The van der Waals surface area contributed by atoms with Crippen molar-refractivity contribution in [3.63, 3.8) is 0 Å². The molecular formula is C11H22O2. The van der Waals surface area contributed by atoms with Crippen LogP contribution in [0, 0.1) is 0 Å². The zero-order chi connectivity index (χ0) is 10.7. The first-order valence-electron chi connectivity index (χ1n) is 4.88. The van der Waals surface area contributed by atoms with Gasteiger partial charge in [-0.1, -0.05) is 26.3 Å². The molecule has 0 aliphatic heterocycles. The van der Waals surface area contributed by atoms with Crippen LogP contribution < -0.4 is 0 Å². The number of esters is 1. The summed E-state index contributed by atoms with van der Waals surface area (Å²) in [6.45, 7) is 12.1. The highest BCUT2D eigenvalue weighted by Crippen LogP contribution is 1.88. The van der Waals surface area contributed by atoms with E-state index in [2.05, 4.69) is 13.5 Å². The summed E-state index contributed by atoms with van der Waals surface area (Å²) in [7, 11) is 0. The minimum atomic E-state index is -0.105. The normalized spacial score (nSPS) is 8.31. The van der Waals surface area contributed by atoms with Gasteiger partial charge in [0, 0.05) is 6.42 Å². The van der Waals surface area contributed by atoms with Gasteiger partial charge in [0.05, 0.1) is 6.61 Å². The zero-order valence-electron chi connectivity index (χ0n) is 9.35. The number of allylic oxidation sites excluding steroid dienone is 1. The number of hydrogen-bond acceptors (Lipinski definition) is 2. The van der Waals surface area contributed by atoms with E-state index < -0.39 is 0 Å². The molecule has 0 radical (unpaired) electrons. The molecule has 2 heteroatoms. The molecule has 0 bridgehead atoms. The Morgan fingerprint density at radius 2 is 1.69 bits per heavy atom. The van der Waals surface area contributed by atoms with Crippen LogP contribution in [0.2, 0.25) is 0 Å². The Morgan fingerprint density at radius 3 is 1.92 bits per heavy atom. The minimum absolute atomic E-state index is 0.105. The van der Waals surface area contributed by atoms with Gasteiger partial charge in [-0.15, -0.1) is 6.58 Å². The van der Waals surface area contributed by atoms with Crippen LogP contribution in [0.3, 0.4) is 0 Å². The van der Waals surface area contributed by atoms with E-state index in [0.717, 1.165) is 12.8 Å². The SMILES string of the molecule is C=C(C)CC.CCCOC(=O)CC. The van der Waals surface area contributed by atoms with Crippen molar-refractivity contribution in [2.45, 2.75) is 47.0 Å². The van der Waals surface area contributed by atoms with Gasteiger partial charge in [-0.25, -0.2) is 0 Å². The van der Waals surface area contributed by atoms with E-state index in [-0.39, 0.29) is 5.97 Å². The molecule has 0 aliphatic rings. The van der Waals surface area contributed by atoms with E-state index in [1.54, 1.807) is 6.92 Å². The average Bonchev–Trinajstić information content (AvgIpc) is 2.15. The smallest absolute Gasteiger partial charge is 0.305 e. The highest BCUT2D eigenvalue weighted by molar-refractivity contribution is 5.68. The summed E-state index contributed by atoms with van der Waals surface area (Å²) in [5, 5.41) is 0. The van der Waals surface area contributed by atoms with Crippen LogP contribution in [-0.2, 0) is 9.53 Å². The molecule has 0 aromatic carbocycles. The largest absolute Gasteiger partial charge is 0.466 e. The van der Waals surface area contributed by atoms with E-state index >= 15 is 0 Å². The first kappa shape index (κ1) is 14.7. The molecule has 0 aromatic heterocycles. The molecular weight excluding hydrogens is 164 g/mol. The molecule has 0 fully saturated rings. The van der Waals surface area contributed by atoms with Gasteiger partial charge < -0.3 is 4.74 Å². The molecule has 0 aliphatic carbocycles. The maximum atomic E-state index is 10.3. The third-order valence-electron chi connectivity index (χ3n) is 1.36. The van der Waals surface area contributed by atoms with Crippen molar-refractivity contribution in [1.82, 2.24) is 0 Å². The van der Waals surface area contributed by atoms with Crippen LogP contribution in [0.4, 0.5) is 0 Å². The number of carbonyl (C=O) groups excluding carboxylic acids is 1. The summed E-state index contributed by atoms with van der Waals surface area (Å²) < 4.78 is 4.70. The van der Waals surface area contributed by atoms with E-state index in [9.17, 15) is 4.79 Å². The van der Waals surface area contributed by atoms with Gasteiger partial charge in [-0.05, 0) is 19.8 Å². The van der Waals surface area contributed by atoms with E-state index in [1.807, 2.05) is 13.8 Å². The molecule has 78 valence electrons. The average molecular weight is 186 g/mol. The molecule has 0 saturated heterocycles. The molecule has 0 unspecified atom stereocenters. The highest BCUT2D eigenvalue weighted by atomic mass is 16.5. The van der Waals surface area contributed by atoms with Crippen molar-refractivity contribution in [2.24, 2.45) is 0 Å². The van der Waals surface area contributed by atoms with Crippen molar-refractivity contribution in [3.05, 3.63) is 12.2 Å². The van der Waals surface area contributed by atoms with Crippen LogP contribution in [0.5, 0.6) is 0 Å². The van der Waals surface area contributed by atoms with E-state index in [0.29, 0.717) is 13.0 Å². The minimum Gasteiger partial charge on any atom is -0.466 e. The van der Waals surface area contributed by atoms with Crippen LogP contribution in [0.15, 0.2) is 12.2 Å². The zero-order valence-corrected chi connectivity index (χ0v) is 9.35. The van der Waals surface area contributed by atoms with Crippen molar-refractivity contribution in [2.75, 3.05) is 6.61 Å². The van der Waals surface area contributed by atoms with Gasteiger partial charge >= 0.3 is 5.97 Å². The van der Waals surface area contributed by atoms with Crippen LogP contribution in [-0.4, -0.2) is 12.6 Å². The lowest BCUT2D eigenvalue weighted by molar-refractivity contribution is -0.143. The summed E-state index contributed by atoms with van der Waals surface area (Å²) in [5.41, 5.74) is 1.25. The van der Waals surface area contributed by atoms with Crippen LogP contribution in [0.25, 0.3) is 0 Å². The predicted octanol–water partition coefficient (Wildman–Crippen LogP) is 3.32. The second-order valence-corrected chi connectivity index (χ2v) is 2.88. The Balaban J connectivity index is 0. The summed E-state index contributed by atoms with van der Waals surface area (Å²) in [6, 6.07) is 0. The highest BCUT2D eigenvalue weighted by Gasteiger charge is 1.93. The summed E-state index contributed by atoms with van der Waals surface area (Å²) in [5.74, 6) is -0.105. The lowest BCUT2D eigenvalue weighted by Crippen LogP contribution is -2.02. The van der Waals surface area contributed by atoms with Crippen LogP contribution in [0.1, 0.15) is 47.0 Å². The molecule has 2 nitrogen and oxygen atoms in total. The molecule has 0 heterocycles. The van der Waals surface area contributed by atoms with Crippen LogP contribution >= 0.6 is 0 Å². The molecule has 0 saturated carbocycles. The van der Waals surface area contributed by atoms with Gasteiger partial charge in [0.15, 0.2) is 0 Å². The summed E-state index contributed by atoms with van der Waals surface area (Å²) in [4.78, 5) is 10.3. The fourth-order valence-corrected chi connectivity index (χ4v) is 0.318.